The minimum atomic E-state index is -0.417. The fourth-order valence-corrected chi connectivity index (χ4v) is 3.85. The van der Waals surface area contributed by atoms with Crippen LogP contribution in [0.3, 0.4) is 0 Å². The lowest BCUT2D eigenvalue weighted by atomic mass is 9.86. The average Bonchev–Trinajstić information content (AvgIpc) is 3.42. The van der Waals surface area contributed by atoms with Gasteiger partial charge in [0, 0.05) is 12.3 Å². The molecule has 3 aromatic heterocycles. The number of carbonyl (C=O) groups is 1. The third-order valence-electron chi connectivity index (χ3n) is 5.13. The molecule has 7 nitrogen and oxygen atoms in total. The molecule has 5 rings (SSSR count). The van der Waals surface area contributed by atoms with Crippen molar-refractivity contribution in [3.05, 3.63) is 77.0 Å². The number of nitrogens with zero attached hydrogens (tertiary/aromatic N) is 3. The number of para-hydroxylation sites is 1. The Hall–Kier alpha value is -3.74. The van der Waals surface area contributed by atoms with Crippen LogP contribution in [0.1, 0.15) is 52.0 Å². The molecule has 150 valence electrons. The van der Waals surface area contributed by atoms with Crippen LogP contribution in [0.2, 0.25) is 0 Å². The Morgan fingerprint density at radius 2 is 2.07 bits per heavy atom. The SMILES string of the molecule is Cc1nnc(COC(=O)c2c3c(nc4ccccc24)/C(=C/c2ccco2)CCC3)o1. The van der Waals surface area contributed by atoms with Gasteiger partial charge in [0.15, 0.2) is 6.61 Å². The molecule has 0 aliphatic heterocycles. The van der Waals surface area contributed by atoms with E-state index in [4.69, 9.17) is 18.6 Å². The van der Waals surface area contributed by atoms with Crippen molar-refractivity contribution >= 4 is 28.5 Å². The number of allylic oxidation sites excluding steroid dienone is 1. The maximum atomic E-state index is 13.2. The molecule has 1 aromatic carbocycles. The minimum absolute atomic E-state index is 0.0693. The lowest BCUT2D eigenvalue weighted by Crippen LogP contribution is -2.15. The zero-order valence-corrected chi connectivity index (χ0v) is 16.4. The summed E-state index contributed by atoms with van der Waals surface area (Å²) >= 11 is 0. The molecule has 1 aliphatic carbocycles. The lowest BCUT2D eigenvalue weighted by Gasteiger charge is -2.22. The summed E-state index contributed by atoms with van der Waals surface area (Å²) in [6, 6.07) is 11.4. The molecular formula is C23H19N3O4. The van der Waals surface area contributed by atoms with Gasteiger partial charge < -0.3 is 13.6 Å². The van der Waals surface area contributed by atoms with E-state index < -0.39 is 5.97 Å². The van der Waals surface area contributed by atoms with Gasteiger partial charge in [-0.25, -0.2) is 9.78 Å². The molecule has 0 bridgehead atoms. The molecule has 0 radical (unpaired) electrons. The number of hydrogen-bond donors (Lipinski definition) is 0. The van der Waals surface area contributed by atoms with Crippen molar-refractivity contribution in [1.29, 1.82) is 0 Å². The Morgan fingerprint density at radius 3 is 2.87 bits per heavy atom. The van der Waals surface area contributed by atoms with E-state index in [1.165, 1.54) is 0 Å². The first-order valence-electron chi connectivity index (χ1n) is 9.81. The number of furan rings is 1. The van der Waals surface area contributed by atoms with E-state index in [9.17, 15) is 4.79 Å². The molecule has 0 saturated heterocycles. The number of ether oxygens (including phenoxy) is 1. The summed E-state index contributed by atoms with van der Waals surface area (Å²) in [5.74, 6) is 1.05. The van der Waals surface area contributed by atoms with E-state index in [1.807, 2.05) is 42.5 Å². The molecular weight excluding hydrogens is 382 g/mol. The van der Waals surface area contributed by atoms with E-state index in [1.54, 1.807) is 13.2 Å². The maximum Gasteiger partial charge on any atom is 0.339 e. The first kappa shape index (κ1) is 18.3. The van der Waals surface area contributed by atoms with Crippen LogP contribution in [0, 0.1) is 6.92 Å². The number of rotatable bonds is 4. The fourth-order valence-electron chi connectivity index (χ4n) is 3.85. The zero-order chi connectivity index (χ0) is 20.5. The number of fused-ring (bicyclic) bond motifs is 2. The van der Waals surface area contributed by atoms with Crippen LogP contribution in [0.4, 0.5) is 0 Å². The predicted molar refractivity (Wildman–Crippen MR) is 109 cm³/mol. The van der Waals surface area contributed by atoms with Crippen molar-refractivity contribution in [2.24, 2.45) is 0 Å². The molecule has 4 aromatic rings. The van der Waals surface area contributed by atoms with E-state index in [2.05, 4.69) is 10.2 Å². The summed E-state index contributed by atoms with van der Waals surface area (Å²) in [5.41, 5.74) is 4.10. The first-order valence-corrected chi connectivity index (χ1v) is 9.81. The van der Waals surface area contributed by atoms with Gasteiger partial charge in [0.2, 0.25) is 5.89 Å². The van der Waals surface area contributed by atoms with Gasteiger partial charge >= 0.3 is 5.97 Å². The molecule has 30 heavy (non-hydrogen) atoms. The van der Waals surface area contributed by atoms with Gasteiger partial charge in [-0.3, -0.25) is 0 Å². The highest BCUT2D eigenvalue weighted by molar-refractivity contribution is 6.06. The van der Waals surface area contributed by atoms with Crippen molar-refractivity contribution in [3.63, 3.8) is 0 Å². The average molecular weight is 401 g/mol. The van der Waals surface area contributed by atoms with Crippen LogP contribution in [0.15, 0.2) is 51.5 Å². The second-order valence-corrected chi connectivity index (χ2v) is 7.16. The van der Waals surface area contributed by atoms with Crippen LogP contribution in [0.25, 0.3) is 22.6 Å². The molecule has 1 aliphatic rings. The van der Waals surface area contributed by atoms with Gasteiger partial charge in [-0.15, -0.1) is 10.2 Å². The monoisotopic (exact) mass is 401 g/mol. The topological polar surface area (TPSA) is 91.2 Å². The Bertz CT molecular complexity index is 1250. The third-order valence-corrected chi connectivity index (χ3v) is 5.13. The summed E-state index contributed by atoms with van der Waals surface area (Å²) in [6.45, 7) is 1.62. The Kier molecular flexibility index (Phi) is 4.63. The van der Waals surface area contributed by atoms with Crippen molar-refractivity contribution in [3.8, 4) is 0 Å². The van der Waals surface area contributed by atoms with Crippen LogP contribution in [-0.2, 0) is 17.8 Å². The molecule has 7 heteroatoms. The summed E-state index contributed by atoms with van der Waals surface area (Å²) < 4.78 is 16.3. The number of aryl methyl sites for hydroxylation is 1. The van der Waals surface area contributed by atoms with Crippen molar-refractivity contribution < 1.29 is 18.4 Å². The highest BCUT2D eigenvalue weighted by atomic mass is 16.5. The summed E-state index contributed by atoms with van der Waals surface area (Å²) in [5, 5.41) is 8.44. The molecule has 0 atom stereocenters. The fraction of sp³-hybridized carbons (Fsp3) is 0.217. The van der Waals surface area contributed by atoms with Crippen LogP contribution >= 0.6 is 0 Å². The number of pyridine rings is 1. The van der Waals surface area contributed by atoms with E-state index in [0.29, 0.717) is 11.5 Å². The molecule has 3 heterocycles. The van der Waals surface area contributed by atoms with Crippen molar-refractivity contribution in [1.82, 2.24) is 15.2 Å². The largest absolute Gasteiger partial charge is 0.465 e. The van der Waals surface area contributed by atoms with Crippen LogP contribution in [0.5, 0.6) is 0 Å². The Labute approximate surface area is 172 Å². The maximum absolute atomic E-state index is 13.2. The molecule has 0 N–H and O–H groups in total. The number of hydrogen-bond acceptors (Lipinski definition) is 7. The molecule has 0 fully saturated rings. The van der Waals surface area contributed by atoms with E-state index in [0.717, 1.165) is 52.8 Å². The predicted octanol–water partition coefficient (Wildman–Crippen LogP) is 4.75. The highest BCUT2D eigenvalue weighted by Crippen LogP contribution is 2.36. The second kappa shape index (κ2) is 7.59. The van der Waals surface area contributed by atoms with Crippen molar-refractivity contribution in [2.75, 3.05) is 0 Å². The minimum Gasteiger partial charge on any atom is -0.465 e. The molecule has 0 unspecified atom stereocenters. The smallest absolute Gasteiger partial charge is 0.339 e. The standard InChI is InChI=1S/C23H19N3O4/c1-14-25-26-20(30-14)13-29-23(27)21-17-8-2-3-10-19(17)24-22-15(6-4-9-18(21)22)12-16-7-5-11-28-16/h2-3,5,7-8,10-12H,4,6,9,13H2,1H3/b15-12+. The molecule has 0 amide bonds. The Morgan fingerprint density at radius 1 is 1.17 bits per heavy atom. The number of carbonyl (C=O) groups excluding carboxylic acids is 1. The summed E-state index contributed by atoms with van der Waals surface area (Å²) in [4.78, 5) is 18.0. The van der Waals surface area contributed by atoms with Gasteiger partial charge in [-0.2, -0.15) is 0 Å². The van der Waals surface area contributed by atoms with Crippen LogP contribution < -0.4 is 0 Å². The summed E-state index contributed by atoms with van der Waals surface area (Å²) in [6.07, 6.45) is 6.19. The third kappa shape index (κ3) is 3.39. The highest BCUT2D eigenvalue weighted by Gasteiger charge is 2.26. The van der Waals surface area contributed by atoms with Gasteiger partial charge in [0.05, 0.1) is 23.0 Å². The number of esters is 1. The van der Waals surface area contributed by atoms with Crippen LogP contribution in [-0.4, -0.2) is 21.2 Å². The van der Waals surface area contributed by atoms with E-state index >= 15 is 0 Å². The van der Waals surface area contributed by atoms with Gasteiger partial charge in [-0.05, 0) is 54.7 Å². The van der Waals surface area contributed by atoms with Gasteiger partial charge in [0.25, 0.3) is 5.89 Å². The first-order chi connectivity index (χ1) is 14.7. The van der Waals surface area contributed by atoms with Gasteiger partial charge in [-0.1, -0.05) is 18.2 Å². The van der Waals surface area contributed by atoms with E-state index in [-0.39, 0.29) is 12.5 Å². The van der Waals surface area contributed by atoms with Crippen molar-refractivity contribution in [2.45, 2.75) is 32.8 Å². The summed E-state index contributed by atoms with van der Waals surface area (Å²) in [7, 11) is 0. The molecule has 0 saturated carbocycles. The second-order valence-electron chi connectivity index (χ2n) is 7.16. The number of aromatic nitrogens is 3. The normalized spacial score (nSPS) is 14.8. The zero-order valence-electron chi connectivity index (χ0n) is 16.4. The molecule has 0 spiro atoms. The Balaban J connectivity index is 1.59. The number of benzene rings is 1. The van der Waals surface area contributed by atoms with Gasteiger partial charge in [0.1, 0.15) is 5.76 Å². The lowest BCUT2D eigenvalue weighted by molar-refractivity contribution is 0.0437. The quantitative estimate of drug-likeness (QED) is 0.456.